The van der Waals surface area contributed by atoms with E-state index in [1.54, 1.807) is 0 Å². The van der Waals surface area contributed by atoms with Crippen molar-refractivity contribution in [3.63, 3.8) is 0 Å². The Hall–Kier alpha value is -2.19. The van der Waals surface area contributed by atoms with Crippen molar-refractivity contribution in [2.24, 2.45) is 5.73 Å². The number of carbonyl (C=O) groups excluding carboxylic acids is 3. The highest BCUT2D eigenvalue weighted by Crippen LogP contribution is 2.33. The van der Waals surface area contributed by atoms with Gasteiger partial charge in [0.1, 0.15) is 12.1 Å². The number of esters is 1. The molecule has 2 fully saturated rings. The molecule has 8 heteroatoms. The van der Waals surface area contributed by atoms with Crippen molar-refractivity contribution in [2.45, 2.75) is 50.5 Å². The Morgan fingerprint density at radius 3 is 2.67 bits per heavy atom. The molecule has 4 N–H and O–H groups in total. The van der Waals surface area contributed by atoms with Gasteiger partial charge in [-0.1, -0.05) is 6.58 Å². The summed E-state index contributed by atoms with van der Waals surface area (Å²) in [6, 6.07) is -0.981. The van der Waals surface area contributed by atoms with Gasteiger partial charge in [0.15, 0.2) is 11.5 Å². The van der Waals surface area contributed by atoms with Crippen LogP contribution < -0.4 is 11.1 Å². The van der Waals surface area contributed by atoms with Gasteiger partial charge in [-0.05, 0) is 24.8 Å². The molecule has 0 spiro atoms. The zero-order valence-electron chi connectivity index (χ0n) is 13.8. The topological polar surface area (TPSA) is 128 Å². The van der Waals surface area contributed by atoms with E-state index in [1.807, 2.05) is 0 Å². The number of hydrogen-bond donors (Lipinski definition) is 3. The molecule has 0 aromatic heterocycles. The number of allylic oxidation sites excluding steroid dienone is 1. The van der Waals surface area contributed by atoms with Crippen LogP contribution in [0.25, 0.3) is 0 Å². The summed E-state index contributed by atoms with van der Waals surface area (Å²) in [4.78, 5) is 36.4. The highest BCUT2D eigenvalue weighted by atomic mass is 16.6. The zero-order valence-corrected chi connectivity index (χ0v) is 13.8. The SMILES string of the molecule is C=C1CC[C@@H](OC)C(=O)C1=C(O)C1(C)NC(=O)CC[C@H](N)C(=O)O1. The predicted octanol–water partition coefficient (Wildman–Crippen LogP) is 0.229. The van der Waals surface area contributed by atoms with Gasteiger partial charge < -0.3 is 25.6 Å². The average Bonchev–Trinajstić information content (AvgIpc) is 2.51. The summed E-state index contributed by atoms with van der Waals surface area (Å²) in [5.41, 5.74) is 4.06. The first-order chi connectivity index (χ1) is 11.2. The Bertz CT molecular complexity index is 626. The maximum absolute atomic E-state index is 12.5. The third-order valence-electron chi connectivity index (χ3n) is 4.24. The number of nitrogens with one attached hydrogen (secondary N) is 1. The molecule has 0 bridgehead atoms. The Morgan fingerprint density at radius 1 is 1.38 bits per heavy atom. The summed E-state index contributed by atoms with van der Waals surface area (Å²) < 4.78 is 10.3. The molecule has 1 saturated carbocycles. The molecule has 0 aromatic carbocycles. The minimum atomic E-state index is -1.89. The quantitative estimate of drug-likeness (QED) is 0.373. The van der Waals surface area contributed by atoms with Crippen LogP contribution in [-0.2, 0) is 23.9 Å². The lowest BCUT2D eigenvalue weighted by atomic mass is 9.84. The van der Waals surface area contributed by atoms with Crippen LogP contribution in [0.1, 0.15) is 32.6 Å². The molecule has 132 valence electrons. The lowest BCUT2D eigenvalue weighted by molar-refractivity contribution is -0.166. The van der Waals surface area contributed by atoms with Crippen LogP contribution in [0.2, 0.25) is 0 Å². The van der Waals surface area contributed by atoms with E-state index >= 15 is 0 Å². The number of ketones is 1. The van der Waals surface area contributed by atoms with Crippen LogP contribution >= 0.6 is 0 Å². The number of nitrogens with two attached hydrogens (primary N) is 1. The Labute approximate surface area is 139 Å². The van der Waals surface area contributed by atoms with Gasteiger partial charge in [0, 0.05) is 20.5 Å². The van der Waals surface area contributed by atoms with Gasteiger partial charge in [0.25, 0.3) is 0 Å². The summed E-state index contributed by atoms with van der Waals surface area (Å²) in [5.74, 6) is -2.27. The number of Topliss-reactive ketones (excluding diaryl/α,β-unsaturated/α-hetero) is 1. The van der Waals surface area contributed by atoms with E-state index in [0.29, 0.717) is 18.4 Å². The van der Waals surface area contributed by atoms with Crippen LogP contribution in [0.5, 0.6) is 0 Å². The molecule has 1 saturated heterocycles. The summed E-state index contributed by atoms with van der Waals surface area (Å²) >= 11 is 0. The van der Waals surface area contributed by atoms with Gasteiger partial charge in [0.05, 0.1) is 5.57 Å². The highest BCUT2D eigenvalue weighted by Gasteiger charge is 2.43. The van der Waals surface area contributed by atoms with E-state index in [9.17, 15) is 19.5 Å². The molecule has 1 aliphatic carbocycles. The third kappa shape index (κ3) is 3.34. The lowest BCUT2D eigenvalue weighted by Gasteiger charge is -2.35. The summed E-state index contributed by atoms with van der Waals surface area (Å²) in [6.45, 7) is 5.08. The number of methoxy groups -OCH3 is 1. The molecule has 0 aromatic rings. The van der Waals surface area contributed by atoms with Crippen molar-refractivity contribution in [1.29, 1.82) is 0 Å². The number of cyclic esters (lactones) is 1. The van der Waals surface area contributed by atoms with Crippen molar-refractivity contribution in [1.82, 2.24) is 5.32 Å². The maximum atomic E-state index is 12.5. The van der Waals surface area contributed by atoms with E-state index in [1.165, 1.54) is 14.0 Å². The second-order valence-corrected chi connectivity index (χ2v) is 6.10. The van der Waals surface area contributed by atoms with E-state index < -0.39 is 41.3 Å². The van der Waals surface area contributed by atoms with Gasteiger partial charge >= 0.3 is 5.97 Å². The standard InChI is InChI=1S/C16H22N2O6/c1-8-4-6-10(23-3)13(20)12(8)14(21)16(2)18-11(19)7-5-9(17)15(22)24-16/h9-10,21H,1,4-7,17H2,2-3H3,(H,18,19)/t9-,10+,16?/m0/s1. The third-order valence-corrected chi connectivity index (χ3v) is 4.24. The van der Waals surface area contributed by atoms with Crippen LogP contribution in [0.4, 0.5) is 0 Å². The molecular weight excluding hydrogens is 316 g/mol. The summed E-state index contributed by atoms with van der Waals surface area (Å²) in [5, 5.41) is 13.1. The van der Waals surface area contributed by atoms with Crippen molar-refractivity contribution in [3.05, 3.63) is 23.5 Å². The average molecular weight is 338 g/mol. The summed E-state index contributed by atoms with van der Waals surface area (Å²) in [6.07, 6.45) is 0.290. The Kier molecular flexibility index (Phi) is 5.10. The van der Waals surface area contributed by atoms with Crippen molar-refractivity contribution < 1.29 is 29.0 Å². The maximum Gasteiger partial charge on any atom is 0.325 e. The van der Waals surface area contributed by atoms with Crippen molar-refractivity contribution in [3.8, 4) is 0 Å². The number of amides is 1. The first-order valence-corrected chi connectivity index (χ1v) is 7.68. The molecule has 0 radical (unpaired) electrons. The van der Waals surface area contributed by atoms with Gasteiger partial charge in [-0.15, -0.1) is 0 Å². The van der Waals surface area contributed by atoms with Crippen LogP contribution in [0.15, 0.2) is 23.5 Å². The molecule has 1 amide bonds. The zero-order chi connectivity index (χ0) is 18.1. The molecular formula is C16H22N2O6. The molecule has 1 aliphatic heterocycles. The largest absolute Gasteiger partial charge is 0.506 e. The highest BCUT2D eigenvalue weighted by molar-refractivity contribution is 6.04. The fourth-order valence-electron chi connectivity index (χ4n) is 2.79. The smallest absolute Gasteiger partial charge is 0.325 e. The molecule has 3 atom stereocenters. The number of ether oxygens (including phenoxy) is 2. The first kappa shape index (κ1) is 18.2. The second kappa shape index (κ2) is 6.74. The number of aliphatic hydroxyl groups excluding tert-OH is 1. The first-order valence-electron chi connectivity index (χ1n) is 7.68. The number of aliphatic hydroxyl groups is 1. The Balaban J connectivity index is 2.47. The molecule has 8 nitrogen and oxygen atoms in total. The fraction of sp³-hybridized carbons (Fsp3) is 0.562. The van der Waals surface area contributed by atoms with E-state index in [4.69, 9.17) is 15.2 Å². The van der Waals surface area contributed by atoms with Gasteiger partial charge in [-0.2, -0.15) is 0 Å². The van der Waals surface area contributed by atoms with Crippen LogP contribution in [0, 0.1) is 0 Å². The minimum Gasteiger partial charge on any atom is -0.506 e. The minimum absolute atomic E-state index is 0.00403. The summed E-state index contributed by atoms with van der Waals surface area (Å²) in [7, 11) is 1.39. The normalized spacial score (nSPS) is 34.1. The van der Waals surface area contributed by atoms with Crippen LogP contribution in [0.3, 0.4) is 0 Å². The fourth-order valence-corrected chi connectivity index (χ4v) is 2.79. The number of carbonyl (C=O) groups is 3. The van der Waals surface area contributed by atoms with Gasteiger partial charge in [-0.25, -0.2) is 0 Å². The van der Waals surface area contributed by atoms with Crippen molar-refractivity contribution >= 4 is 17.7 Å². The molecule has 2 aliphatic rings. The van der Waals surface area contributed by atoms with Crippen molar-refractivity contribution in [2.75, 3.05) is 7.11 Å². The monoisotopic (exact) mass is 338 g/mol. The van der Waals surface area contributed by atoms with Gasteiger partial charge in [0.2, 0.25) is 11.6 Å². The predicted molar refractivity (Wildman–Crippen MR) is 83.7 cm³/mol. The lowest BCUT2D eigenvalue weighted by Crippen LogP contribution is -2.56. The number of rotatable bonds is 2. The van der Waals surface area contributed by atoms with E-state index in [0.717, 1.165) is 0 Å². The molecule has 1 heterocycles. The molecule has 24 heavy (non-hydrogen) atoms. The Morgan fingerprint density at radius 2 is 2.04 bits per heavy atom. The molecule has 1 unspecified atom stereocenters. The number of hydrogen-bond acceptors (Lipinski definition) is 7. The van der Waals surface area contributed by atoms with E-state index in [2.05, 4.69) is 11.9 Å². The van der Waals surface area contributed by atoms with Crippen LogP contribution in [-0.4, -0.2) is 47.7 Å². The molecule has 2 rings (SSSR count). The van der Waals surface area contributed by atoms with E-state index in [-0.39, 0.29) is 18.4 Å². The second-order valence-electron chi connectivity index (χ2n) is 6.10. The van der Waals surface area contributed by atoms with Gasteiger partial charge in [-0.3, -0.25) is 14.4 Å².